The van der Waals surface area contributed by atoms with Gasteiger partial charge in [0, 0.05) is 0 Å². The quantitative estimate of drug-likeness (QED) is 0.563. The third kappa shape index (κ3) is 0.883. The predicted octanol–water partition coefficient (Wildman–Crippen LogP) is -0.0796. The summed E-state index contributed by atoms with van der Waals surface area (Å²) in [6.07, 6.45) is 1.50. The highest BCUT2D eigenvalue weighted by Gasteiger charge is 2.09. The van der Waals surface area contributed by atoms with E-state index >= 15 is 0 Å². The van der Waals surface area contributed by atoms with Crippen LogP contribution in [0.2, 0.25) is 0 Å². The molecule has 0 atom stereocenters. The number of rotatable bonds is 2. The molecule has 1 aromatic heterocycles. The molecule has 2 N–H and O–H groups in total. The Hall–Kier alpha value is -1.65. The molecule has 0 aliphatic rings. The van der Waals surface area contributed by atoms with E-state index in [4.69, 9.17) is 5.11 Å². The van der Waals surface area contributed by atoms with Crippen LogP contribution in [-0.2, 0) is 0 Å². The summed E-state index contributed by atoms with van der Waals surface area (Å²) in [6.45, 7) is 0. The smallest absolute Gasteiger partial charge is 0.339 e. The van der Waals surface area contributed by atoms with E-state index < -0.39 is 5.97 Å². The van der Waals surface area contributed by atoms with Crippen molar-refractivity contribution in [2.24, 2.45) is 0 Å². The van der Waals surface area contributed by atoms with Gasteiger partial charge in [0.2, 0.25) is 0 Å². The van der Waals surface area contributed by atoms with Crippen molar-refractivity contribution < 1.29 is 14.7 Å². The van der Waals surface area contributed by atoms with Gasteiger partial charge in [-0.1, -0.05) is 0 Å². The van der Waals surface area contributed by atoms with Crippen LogP contribution in [-0.4, -0.2) is 27.6 Å². The highest BCUT2D eigenvalue weighted by atomic mass is 16.4. The Kier molecular flexibility index (Phi) is 1.49. The number of aromatic nitrogens is 2. The summed E-state index contributed by atoms with van der Waals surface area (Å²) in [5, 5.41) is 14.0. The molecule has 0 aliphatic heterocycles. The van der Waals surface area contributed by atoms with E-state index in [9.17, 15) is 9.59 Å². The minimum absolute atomic E-state index is 0.00694. The third-order valence-corrected chi connectivity index (χ3v) is 1.02. The average Bonchev–Trinajstić information content (AvgIpc) is 2.33. The first kappa shape index (κ1) is 6.47. The van der Waals surface area contributed by atoms with Crippen molar-refractivity contribution in [3.63, 3.8) is 0 Å². The fraction of sp³-hybridized carbons (Fsp3) is 0. The standard InChI is InChI=1S/C5H4N2O3/c8-2-4-3(5(9)10)1-6-7-4/h1-2H,(H,6,7)(H,9,10). The van der Waals surface area contributed by atoms with Crippen LogP contribution < -0.4 is 0 Å². The highest BCUT2D eigenvalue weighted by molar-refractivity contribution is 5.95. The minimum atomic E-state index is -1.16. The number of nitrogens with zero attached hydrogens (tertiary/aromatic N) is 1. The van der Waals surface area contributed by atoms with Gasteiger partial charge < -0.3 is 5.11 Å². The molecular formula is C5H4N2O3. The molecule has 0 fully saturated rings. The van der Waals surface area contributed by atoms with Gasteiger partial charge in [-0.25, -0.2) is 4.79 Å². The fourth-order valence-electron chi connectivity index (χ4n) is 0.556. The molecule has 52 valence electrons. The second kappa shape index (κ2) is 2.30. The van der Waals surface area contributed by atoms with Gasteiger partial charge in [-0.15, -0.1) is 0 Å². The SMILES string of the molecule is O=Cc1[nH]ncc1C(=O)O. The number of aromatic carboxylic acids is 1. The zero-order valence-corrected chi connectivity index (χ0v) is 4.87. The molecule has 10 heavy (non-hydrogen) atoms. The summed E-state index contributed by atoms with van der Waals surface area (Å²) in [7, 11) is 0. The summed E-state index contributed by atoms with van der Waals surface area (Å²) < 4.78 is 0. The summed E-state index contributed by atoms with van der Waals surface area (Å²) in [5.41, 5.74) is -0.109. The van der Waals surface area contributed by atoms with Crippen molar-refractivity contribution in [2.45, 2.75) is 0 Å². The van der Waals surface area contributed by atoms with Gasteiger partial charge in [0.1, 0.15) is 11.3 Å². The van der Waals surface area contributed by atoms with Crippen LogP contribution in [0.25, 0.3) is 0 Å². The van der Waals surface area contributed by atoms with Gasteiger partial charge in [0.15, 0.2) is 6.29 Å². The molecule has 0 bridgehead atoms. The van der Waals surface area contributed by atoms with Gasteiger partial charge in [-0.2, -0.15) is 5.10 Å². The van der Waals surface area contributed by atoms with Crippen LogP contribution in [0.5, 0.6) is 0 Å². The van der Waals surface area contributed by atoms with E-state index in [0.717, 1.165) is 6.20 Å². The number of H-pyrrole nitrogens is 1. The first-order valence-corrected chi connectivity index (χ1v) is 2.47. The molecule has 1 heterocycles. The van der Waals surface area contributed by atoms with E-state index in [1.54, 1.807) is 0 Å². The molecule has 5 nitrogen and oxygen atoms in total. The Bertz CT molecular complexity index is 266. The van der Waals surface area contributed by atoms with Crippen molar-refractivity contribution in [2.75, 3.05) is 0 Å². The maximum Gasteiger partial charge on any atom is 0.339 e. The van der Waals surface area contributed by atoms with Crippen molar-refractivity contribution >= 4 is 12.3 Å². The molecule has 5 heteroatoms. The second-order valence-electron chi connectivity index (χ2n) is 1.62. The normalized spacial score (nSPS) is 9.20. The summed E-state index contributed by atoms with van der Waals surface area (Å²) in [5.74, 6) is -1.16. The lowest BCUT2D eigenvalue weighted by Crippen LogP contribution is -1.98. The van der Waals surface area contributed by atoms with Gasteiger partial charge in [-0.3, -0.25) is 9.89 Å². The monoisotopic (exact) mass is 140 g/mol. The molecule has 0 saturated heterocycles. The van der Waals surface area contributed by atoms with Gasteiger partial charge >= 0.3 is 5.97 Å². The number of carboxylic acids is 1. The number of aldehydes is 1. The molecule has 0 radical (unpaired) electrons. The van der Waals surface area contributed by atoms with Crippen LogP contribution >= 0.6 is 0 Å². The van der Waals surface area contributed by atoms with E-state index in [-0.39, 0.29) is 11.3 Å². The van der Waals surface area contributed by atoms with Crippen molar-refractivity contribution in [3.05, 3.63) is 17.5 Å². The van der Waals surface area contributed by atoms with Crippen LogP contribution in [0, 0.1) is 0 Å². The van der Waals surface area contributed by atoms with Crippen LogP contribution in [0.15, 0.2) is 6.20 Å². The number of carboxylic acid groups (broad SMARTS) is 1. The maximum atomic E-state index is 10.2. The molecule has 0 aromatic carbocycles. The lowest BCUT2D eigenvalue weighted by atomic mass is 10.3. The van der Waals surface area contributed by atoms with Crippen molar-refractivity contribution in [1.29, 1.82) is 0 Å². The zero-order valence-electron chi connectivity index (χ0n) is 4.87. The lowest BCUT2D eigenvalue weighted by molar-refractivity contribution is 0.0694. The molecule has 0 unspecified atom stereocenters. The first-order valence-electron chi connectivity index (χ1n) is 2.47. The number of nitrogens with one attached hydrogen (secondary N) is 1. The average molecular weight is 140 g/mol. The van der Waals surface area contributed by atoms with Crippen LogP contribution in [0.3, 0.4) is 0 Å². The molecule has 0 aliphatic carbocycles. The Morgan fingerprint density at radius 1 is 1.80 bits per heavy atom. The van der Waals surface area contributed by atoms with E-state index in [1.165, 1.54) is 0 Å². The largest absolute Gasteiger partial charge is 0.478 e. The van der Waals surface area contributed by atoms with E-state index in [1.807, 2.05) is 0 Å². The number of aromatic amines is 1. The molecule has 1 aromatic rings. The zero-order chi connectivity index (χ0) is 7.56. The molecule has 0 spiro atoms. The number of hydrogen-bond acceptors (Lipinski definition) is 3. The van der Waals surface area contributed by atoms with E-state index in [0.29, 0.717) is 6.29 Å². The summed E-state index contributed by atoms with van der Waals surface area (Å²) in [4.78, 5) is 20.3. The topological polar surface area (TPSA) is 83.0 Å². The predicted molar refractivity (Wildman–Crippen MR) is 30.9 cm³/mol. The first-order chi connectivity index (χ1) is 4.75. The van der Waals surface area contributed by atoms with Crippen LogP contribution in [0.4, 0.5) is 0 Å². The maximum absolute atomic E-state index is 10.2. The van der Waals surface area contributed by atoms with Gasteiger partial charge in [0.05, 0.1) is 6.20 Å². The minimum Gasteiger partial charge on any atom is -0.478 e. The molecular weight excluding hydrogens is 136 g/mol. The van der Waals surface area contributed by atoms with Gasteiger partial charge in [0.25, 0.3) is 0 Å². The number of carbonyl (C=O) groups excluding carboxylic acids is 1. The number of carbonyl (C=O) groups is 2. The summed E-state index contributed by atoms with van der Waals surface area (Å²) in [6, 6.07) is 0. The second-order valence-corrected chi connectivity index (χ2v) is 1.62. The van der Waals surface area contributed by atoms with Crippen molar-refractivity contribution in [1.82, 2.24) is 10.2 Å². The fourth-order valence-corrected chi connectivity index (χ4v) is 0.556. The highest BCUT2D eigenvalue weighted by Crippen LogP contribution is 1.99. The molecule has 0 saturated carbocycles. The van der Waals surface area contributed by atoms with Crippen LogP contribution in [0.1, 0.15) is 20.8 Å². The number of hydrogen-bond donors (Lipinski definition) is 2. The Balaban J connectivity index is 3.13. The lowest BCUT2D eigenvalue weighted by Gasteiger charge is -1.84. The molecule has 1 rings (SSSR count). The Morgan fingerprint density at radius 2 is 2.50 bits per heavy atom. The van der Waals surface area contributed by atoms with Gasteiger partial charge in [-0.05, 0) is 0 Å². The summed E-state index contributed by atoms with van der Waals surface area (Å²) >= 11 is 0. The third-order valence-electron chi connectivity index (χ3n) is 1.02. The van der Waals surface area contributed by atoms with E-state index in [2.05, 4.69) is 10.2 Å². The Morgan fingerprint density at radius 3 is 2.90 bits per heavy atom. The Labute approximate surface area is 55.7 Å². The van der Waals surface area contributed by atoms with Crippen molar-refractivity contribution in [3.8, 4) is 0 Å². The molecule has 0 amide bonds.